The number of hydrogen-bond donors (Lipinski definition) is 1. The summed E-state index contributed by atoms with van der Waals surface area (Å²) in [5, 5.41) is 0. The molecule has 1 heterocycles. The quantitative estimate of drug-likeness (QED) is 0.828. The molecule has 2 N–H and O–H groups in total. The van der Waals surface area contributed by atoms with Gasteiger partial charge in [0.05, 0.1) is 12.2 Å². The zero-order valence-electron chi connectivity index (χ0n) is 8.32. The van der Waals surface area contributed by atoms with Crippen molar-refractivity contribution in [2.75, 3.05) is 18.0 Å². The van der Waals surface area contributed by atoms with E-state index in [2.05, 4.69) is 0 Å². The zero-order chi connectivity index (χ0) is 11.7. The fourth-order valence-corrected chi connectivity index (χ4v) is 1.55. The number of amides is 1. The van der Waals surface area contributed by atoms with Gasteiger partial charge in [0.1, 0.15) is 17.7 Å². The molecule has 1 aliphatic heterocycles. The Morgan fingerprint density at radius 3 is 2.50 bits per heavy atom. The SMILES string of the molecule is NC[C@H]1CN(c2cc(F)cc(F)c2)C(=O)O1. The summed E-state index contributed by atoms with van der Waals surface area (Å²) in [6.07, 6.45) is -1.07. The van der Waals surface area contributed by atoms with Crippen LogP contribution in [0.2, 0.25) is 0 Å². The van der Waals surface area contributed by atoms with Crippen LogP contribution in [0.15, 0.2) is 18.2 Å². The molecule has 0 radical (unpaired) electrons. The van der Waals surface area contributed by atoms with Crippen molar-refractivity contribution in [1.82, 2.24) is 0 Å². The van der Waals surface area contributed by atoms with Crippen molar-refractivity contribution in [2.45, 2.75) is 6.10 Å². The Morgan fingerprint density at radius 1 is 1.38 bits per heavy atom. The maximum atomic E-state index is 12.9. The molecule has 6 heteroatoms. The maximum Gasteiger partial charge on any atom is 0.414 e. The van der Waals surface area contributed by atoms with Crippen molar-refractivity contribution in [3.8, 4) is 0 Å². The smallest absolute Gasteiger partial charge is 0.414 e. The van der Waals surface area contributed by atoms with E-state index in [4.69, 9.17) is 10.5 Å². The normalized spacial score (nSPS) is 20.1. The van der Waals surface area contributed by atoms with Gasteiger partial charge in [0.2, 0.25) is 0 Å². The van der Waals surface area contributed by atoms with Crippen LogP contribution in [-0.2, 0) is 4.74 Å². The van der Waals surface area contributed by atoms with Crippen LogP contribution < -0.4 is 10.6 Å². The number of hydrogen-bond acceptors (Lipinski definition) is 3. The first kappa shape index (κ1) is 10.8. The van der Waals surface area contributed by atoms with Gasteiger partial charge in [-0.3, -0.25) is 4.90 Å². The number of halogens is 2. The minimum atomic E-state index is -0.737. The molecule has 1 aromatic rings. The lowest BCUT2D eigenvalue weighted by Gasteiger charge is -2.12. The molecule has 1 fully saturated rings. The summed E-state index contributed by atoms with van der Waals surface area (Å²) in [5.74, 6) is -1.47. The molecule has 1 saturated heterocycles. The molecule has 86 valence electrons. The van der Waals surface area contributed by atoms with Crippen LogP contribution in [0.5, 0.6) is 0 Å². The Hall–Kier alpha value is -1.69. The second kappa shape index (κ2) is 4.05. The third-order valence-corrected chi connectivity index (χ3v) is 2.30. The van der Waals surface area contributed by atoms with Gasteiger partial charge in [-0.05, 0) is 12.1 Å². The molecule has 1 aromatic carbocycles. The van der Waals surface area contributed by atoms with E-state index >= 15 is 0 Å². The van der Waals surface area contributed by atoms with Gasteiger partial charge in [0.15, 0.2) is 0 Å². The summed E-state index contributed by atoms with van der Waals surface area (Å²) in [7, 11) is 0. The molecule has 1 amide bonds. The summed E-state index contributed by atoms with van der Waals surface area (Å²) in [6.45, 7) is 0.387. The maximum absolute atomic E-state index is 12.9. The molecule has 0 unspecified atom stereocenters. The van der Waals surface area contributed by atoms with Crippen LogP contribution >= 0.6 is 0 Å². The highest BCUT2D eigenvalue weighted by atomic mass is 19.1. The van der Waals surface area contributed by atoms with E-state index < -0.39 is 23.8 Å². The topological polar surface area (TPSA) is 55.6 Å². The van der Waals surface area contributed by atoms with Gasteiger partial charge >= 0.3 is 6.09 Å². The Balaban J connectivity index is 2.27. The fraction of sp³-hybridized carbons (Fsp3) is 0.300. The first-order valence-electron chi connectivity index (χ1n) is 4.74. The highest BCUT2D eigenvalue weighted by Crippen LogP contribution is 2.23. The molecule has 0 saturated carbocycles. The van der Waals surface area contributed by atoms with Crippen molar-refractivity contribution in [3.05, 3.63) is 29.8 Å². The van der Waals surface area contributed by atoms with Crippen molar-refractivity contribution < 1.29 is 18.3 Å². The van der Waals surface area contributed by atoms with Crippen LogP contribution in [-0.4, -0.2) is 25.3 Å². The van der Waals surface area contributed by atoms with E-state index in [1.807, 2.05) is 0 Å². The van der Waals surface area contributed by atoms with Gasteiger partial charge in [0, 0.05) is 12.6 Å². The predicted octanol–water partition coefficient (Wildman–Crippen LogP) is 1.25. The number of nitrogens with two attached hydrogens (primary N) is 1. The lowest BCUT2D eigenvalue weighted by Crippen LogP contribution is -2.27. The van der Waals surface area contributed by atoms with Crippen LogP contribution in [0.1, 0.15) is 0 Å². The highest BCUT2D eigenvalue weighted by Gasteiger charge is 2.31. The number of carbonyl (C=O) groups excluding carboxylic acids is 1. The number of benzene rings is 1. The van der Waals surface area contributed by atoms with Gasteiger partial charge in [-0.25, -0.2) is 13.6 Å². The van der Waals surface area contributed by atoms with E-state index in [0.29, 0.717) is 0 Å². The second-order valence-corrected chi connectivity index (χ2v) is 3.48. The van der Waals surface area contributed by atoms with E-state index in [0.717, 1.165) is 23.1 Å². The van der Waals surface area contributed by atoms with Gasteiger partial charge in [-0.15, -0.1) is 0 Å². The Kier molecular flexibility index (Phi) is 2.74. The molecular weight excluding hydrogens is 218 g/mol. The molecule has 2 rings (SSSR count). The number of cyclic esters (lactones) is 1. The summed E-state index contributed by atoms with van der Waals surface area (Å²) in [5.41, 5.74) is 5.48. The number of ether oxygens (including phenoxy) is 1. The van der Waals surface area contributed by atoms with E-state index in [9.17, 15) is 13.6 Å². The summed E-state index contributed by atoms with van der Waals surface area (Å²) >= 11 is 0. The molecule has 0 spiro atoms. The number of rotatable bonds is 2. The zero-order valence-corrected chi connectivity index (χ0v) is 8.32. The molecule has 0 bridgehead atoms. The van der Waals surface area contributed by atoms with Crippen molar-refractivity contribution in [3.63, 3.8) is 0 Å². The Labute approximate surface area is 90.6 Å². The average Bonchev–Trinajstić information content (AvgIpc) is 2.58. The van der Waals surface area contributed by atoms with Crippen LogP contribution in [0.3, 0.4) is 0 Å². The first-order chi connectivity index (χ1) is 7.60. The monoisotopic (exact) mass is 228 g/mol. The van der Waals surface area contributed by atoms with Gasteiger partial charge in [-0.2, -0.15) is 0 Å². The van der Waals surface area contributed by atoms with E-state index in [1.165, 1.54) is 0 Å². The largest absolute Gasteiger partial charge is 0.443 e. The Bertz CT molecular complexity index is 405. The lowest BCUT2D eigenvalue weighted by atomic mass is 10.2. The summed E-state index contributed by atoms with van der Waals surface area (Å²) in [6, 6.07) is 2.89. The molecule has 4 nitrogen and oxygen atoms in total. The first-order valence-corrected chi connectivity index (χ1v) is 4.74. The highest BCUT2D eigenvalue weighted by molar-refractivity contribution is 5.89. The minimum Gasteiger partial charge on any atom is -0.443 e. The van der Waals surface area contributed by atoms with E-state index in [1.54, 1.807) is 0 Å². The predicted molar refractivity (Wildman–Crippen MR) is 53.0 cm³/mol. The average molecular weight is 228 g/mol. The van der Waals surface area contributed by atoms with Crippen molar-refractivity contribution >= 4 is 11.8 Å². The molecule has 16 heavy (non-hydrogen) atoms. The van der Waals surface area contributed by atoms with Crippen molar-refractivity contribution in [2.24, 2.45) is 5.73 Å². The molecule has 0 aromatic heterocycles. The van der Waals surface area contributed by atoms with Gasteiger partial charge in [0.25, 0.3) is 0 Å². The fourth-order valence-electron chi connectivity index (χ4n) is 1.55. The van der Waals surface area contributed by atoms with E-state index in [-0.39, 0.29) is 18.8 Å². The number of carbonyl (C=O) groups is 1. The lowest BCUT2D eigenvalue weighted by molar-refractivity contribution is 0.145. The van der Waals surface area contributed by atoms with Crippen LogP contribution in [0.25, 0.3) is 0 Å². The number of nitrogens with zero attached hydrogens (tertiary/aromatic N) is 1. The third kappa shape index (κ3) is 1.96. The second-order valence-electron chi connectivity index (χ2n) is 3.48. The molecule has 1 aliphatic rings. The molecule has 1 atom stereocenters. The minimum absolute atomic E-state index is 0.137. The summed E-state index contributed by atoms with van der Waals surface area (Å²) < 4.78 is 30.8. The van der Waals surface area contributed by atoms with Crippen molar-refractivity contribution in [1.29, 1.82) is 0 Å². The third-order valence-electron chi connectivity index (χ3n) is 2.30. The molecule has 0 aliphatic carbocycles. The van der Waals surface area contributed by atoms with Crippen LogP contribution in [0.4, 0.5) is 19.3 Å². The van der Waals surface area contributed by atoms with Crippen LogP contribution in [0, 0.1) is 11.6 Å². The molecular formula is C10H10F2N2O2. The van der Waals surface area contributed by atoms with Gasteiger partial charge in [-0.1, -0.05) is 0 Å². The standard InChI is InChI=1S/C10H10F2N2O2/c11-6-1-7(12)3-8(2-6)14-5-9(4-13)16-10(14)15/h1-3,9H,4-5,13H2/t9-/m0/s1. The number of anilines is 1. The Morgan fingerprint density at radius 2 is 2.00 bits per heavy atom. The summed E-state index contributed by atoms with van der Waals surface area (Å²) in [4.78, 5) is 12.5. The van der Waals surface area contributed by atoms with Gasteiger partial charge < -0.3 is 10.5 Å².